The van der Waals surface area contributed by atoms with Crippen molar-refractivity contribution in [1.82, 2.24) is 20.0 Å². The van der Waals surface area contributed by atoms with Crippen LogP contribution in [0.1, 0.15) is 25.7 Å². The number of hydrogen-bond acceptors (Lipinski definition) is 4. The lowest BCUT2D eigenvalue weighted by Gasteiger charge is -2.42. The predicted octanol–water partition coefficient (Wildman–Crippen LogP) is 2.32. The molecular formula is C20H25N5O3. The van der Waals surface area contributed by atoms with Gasteiger partial charge in [0.15, 0.2) is 0 Å². The number of carboxylic acid groups (broad SMARTS) is 1. The van der Waals surface area contributed by atoms with Crippen molar-refractivity contribution in [1.29, 1.82) is 0 Å². The minimum absolute atomic E-state index is 0.0860. The van der Waals surface area contributed by atoms with Crippen LogP contribution in [0.2, 0.25) is 0 Å². The number of rotatable bonds is 8. The minimum Gasteiger partial charge on any atom is -0.480 e. The molecule has 2 aliphatic rings. The average molecular weight is 383 g/mol. The first-order valence-electron chi connectivity index (χ1n) is 9.70. The SMILES string of the molecule is O=C(O)CN(CC1CC1)C1CC(NC(=O)Nc2ccc(-n3cccn3)cc2)C1. The Morgan fingerprint density at radius 1 is 1.21 bits per heavy atom. The minimum atomic E-state index is -0.784. The molecule has 0 radical (unpaired) electrons. The highest BCUT2D eigenvalue weighted by molar-refractivity contribution is 5.89. The summed E-state index contributed by atoms with van der Waals surface area (Å²) < 4.78 is 1.75. The third-order valence-corrected chi connectivity index (χ3v) is 5.39. The fraction of sp³-hybridized carbons (Fsp3) is 0.450. The van der Waals surface area contributed by atoms with Crippen molar-refractivity contribution in [3.8, 4) is 5.69 Å². The van der Waals surface area contributed by atoms with Crippen LogP contribution in [0.5, 0.6) is 0 Å². The Bertz CT molecular complexity index is 811. The number of carbonyl (C=O) groups is 2. The molecule has 2 aromatic rings. The highest BCUT2D eigenvalue weighted by Crippen LogP contribution is 2.33. The number of hydrogen-bond donors (Lipinski definition) is 3. The molecule has 1 aromatic carbocycles. The maximum Gasteiger partial charge on any atom is 0.319 e. The number of anilines is 1. The predicted molar refractivity (Wildman–Crippen MR) is 104 cm³/mol. The number of nitrogens with zero attached hydrogens (tertiary/aromatic N) is 3. The summed E-state index contributed by atoms with van der Waals surface area (Å²) in [4.78, 5) is 25.4. The van der Waals surface area contributed by atoms with E-state index in [1.165, 1.54) is 12.8 Å². The highest BCUT2D eigenvalue weighted by Gasteiger charge is 2.37. The van der Waals surface area contributed by atoms with Crippen LogP contribution in [0.25, 0.3) is 5.69 Å². The van der Waals surface area contributed by atoms with Gasteiger partial charge in [-0.3, -0.25) is 9.69 Å². The van der Waals surface area contributed by atoms with E-state index in [0.717, 1.165) is 25.1 Å². The zero-order chi connectivity index (χ0) is 19.5. The third kappa shape index (κ3) is 4.69. The van der Waals surface area contributed by atoms with Crippen molar-refractivity contribution in [2.24, 2.45) is 5.92 Å². The Hall–Kier alpha value is -2.87. The largest absolute Gasteiger partial charge is 0.480 e. The van der Waals surface area contributed by atoms with Crippen LogP contribution >= 0.6 is 0 Å². The van der Waals surface area contributed by atoms with Gasteiger partial charge in [0.2, 0.25) is 0 Å². The zero-order valence-electron chi connectivity index (χ0n) is 15.6. The summed E-state index contributed by atoms with van der Waals surface area (Å²) in [5.41, 5.74) is 1.64. The molecule has 0 unspecified atom stereocenters. The number of amides is 2. The van der Waals surface area contributed by atoms with Crippen molar-refractivity contribution >= 4 is 17.7 Å². The van der Waals surface area contributed by atoms with E-state index in [1.807, 2.05) is 36.5 Å². The van der Waals surface area contributed by atoms with Gasteiger partial charge in [-0.2, -0.15) is 5.10 Å². The molecule has 0 spiro atoms. The number of nitrogens with one attached hydrogen (secondary N) is 2. The van der Waals surface area contributed by atoms with E-state index >= 15 is 0 Å². The second-order valence-corrected chi connectivity index (χ2v) is 7.68. The maximum atomic E-state index is 12.2. The molecule has 0 atom stereocenters. The van der Waals surface area contributed by atoms with Crippen LogP contribution in [0.4, 0.5) is 10.5 Å². The zero-order valence-corrected chi connectivity index (χ0v) is 15.6. The topological polar surface area (TPSA) is 99.5 Å². The van der Waals surface area contributed by atoms with Crippen molar-refractivity contribution in [3.63, 3.8) is 0 Å². The highest BCUT2D eigenvalue weighted by atomic mass is 16.4. The summed E-state index contributed by atoms with van der Waals surface area (Å²) in [6.45, 7) is 0.946. The van der Waals surface area contributed by atoms with E-state index in [-0.39, 0.29) is 24.7 Å². The first kappa shape index (κ1) is 18.5. The van der Waals surface area contributed by atoms with Gasteiger partial charge in [-0.05, 0) is 61.9 Å². The molecule has 2 aliphatic carbocycles. The van der Waals surface area contributed by atoms with Crippen molar-refractivity contribution in [2.75, 3.05) is 18.4 Å². The molecule has 0 saturated heterocycles. The molecule has 1 aromatic heterocycles. The summed E-state index contributed by atoms with van der Waals surface area (Å²) in [6, 6.07) is 9.41. The van der Waals surface area contributed by atoms with Gasteiger partial charge in [-0.25, -0.2) is 9.48 Å². The monoisotopic (exact) mass is 383 g/mol. The van der Waals surface area contributed by atoms with E-state index in [2.05, 4.69) is 20.6 Å². The summed E-state index contributed by atoms with van der Waals surface area (Å²) >= 11 is 0. The van der Waals surface area contributed by atoms with E-state index in [0.29, 0.717) is 11.6 Å². The standard InChI is InChI=1S/C20H25N5O3/c26-19(27)13-24(12-14-2-3-14)18-10-16(11-18)23-20(28)22-15-4-6-17(7-5-15)25-9-1-8-21-25/h1,4-9,14,16,18H,2-3,10-13H2,(H,26,27)(H2,22,23,28). The molecule has 2 fully saturated rings. The molecular weight excluding hydrogens is 358 g/mol. The molecule has 8 nitrogen and oxygen atoms in total. The molecule has 0 bridgehead atoms. The molecule has 3 N–H and O–H groups in total. The number of aliphatic carboxylic acids is 1. The van der Waals surface area contributed by atoms with Gasteiger partial charge in [-0.1, -0.05) is 0 Å². The van der Waals surface area contributed by atoms with Crippen LogP contribution in [-0.4, -0.2) is 57.0 Å². The Morgan fingerprint density at radius 3 is 2.57 bits per heavy atom. The molecule has 148 valence electrons. The number of carbonyl (C=O) groups excluding carboxylic acids is 1. The molecule has 4 rings (SSSR count). The van der Waals surface area contributed by atoms with E-state index < -0.39 is 5.97 Å². The smallest absolute Gasteiger partial charge is 0.319 e. The summed E-state index contributed by atoms with van der Waals surface area (Å²) in [5, 5.41) is 19.1. The normalized spacial score (nSPS) is 21.2. The molecule has 2 saturated carbocycles. The van der Waals surface area contributed by atoms with E-state index in [1.54, 1.807) is 10.9 Å². The van der Waals surface area contributed by atoms with Crippen LogP contribution in [0.15, 0.2) is 42.7 Å². The number of carboxylic acids is 1. The van der Waals surface area contributed by atoms with Crippen LogP contribution < -0.4 is 10.6 Å². The van der Waals surface area contributed by atoms with Crippen LogP contribution in [0.3, 0.4) is 0 Å². The lowest BCUT2D eigenvalue weighted by atomic mass is 9.85. The number of urea groups is 1. The van der Waals surface area contributed by atoms with Gasteiger partial charge in [0.1, 0.15) is 0 Å². The van der Waals surface area contributed by atoms with Crippen molar-refractivity contribution < 1.29 is 14.7 Å². The second kappa shape index (κ2) is 8.02. The molecule has 1 heterocycles. The quantitative estimate of drug-likeness (QED) is 0.650. The summed E-state index contributed by atoms with van der Waals surface area (Å²) in [6.07, 6.45) is 7.57. The van der Waals surface area contributed by atoms with Gasteiger partial charge in [-0.15, -0.1) is 0 Å². The molecule has 8 heteroatoms. The Labute approximate surface area is 163 Å². The van der Waals surface area contributed by atoms with Gasteiger partial charge in [0.05, 0.1) is 12.2 Å². The van der Waals surface area contributed by atoms with Gasteiger partial charge < -0.3 is 15.7 Å². The Balaban J connectivity index is 1.23. The molecule has 0 aliphatic heterocycles. The van der Waals surface area contributed by atoms with Gasteiger partial charge >= 0.3 is 12.0 Å². The average Bonchev–Trinajstić information content (AvgIpc) is 3.27. The molecule has 28 heavy (non-hydrogen) atoms. The van der Waals surface area contributed by atoms with Gasteiger partial charge in [0.25, 0.3) is 0 Å². The lowest BCUT2D eigenvalue weighted by Crippen LogP contribution is -2.55. The van der Waals surface area contributed by atoms with E-state index in [4.69, 9.17) is 5.11 Å². The Kier molecular flexibility index (Phi) is 5.29. The fourth-order valence-corrected chi connectivity index (χ4v) is 3.62. The van der Waals surface area contributed by atoms with Gasteiger partial charge in [0, 0.05) is 36.7 Å². The second-order valence-electron chi connectivity index (χ2n) is 7.68. The molecule has 2 amide bonds. The van der Waals surface area contributed by atoms with Crippen molar-refractivity contribution in [3.05, 3.63) is 42.7 Å². The van der Waals surface area contributed by atoms with E-state index in [9.17, 15) is 9.59 Å². The van der Waals surface area contributed by atoms with Crippen molar-refractivity contribution in [2.45, 2.75) is 37.8 Å². The summed E-state index contributed by atoms with van der Waals surface area (Å²) in [5.74, 6) is -0.132. The maximum absolute atomic E-state index is 12.2. The Morgan fingerprint density at radius 2 is 1.96 bits per heavy atom. The first-order chi connectivity index (χ1) is 13.6. The number of benzene rings is 1. The number of aromatic nitrogens is 2. The lowest BCUT2D eigenvalue weighted by molar-refractivity contribution is -0.139. The fourth-order valence-electron chi connectivity index (χ4n) is 3.62. The van der Waals surface area contributed by atoms with Crippen LogP contribution in [0, 0.1) is 5.92 Å². The first-order valence-corrected chi connectivity index (χ1v) is 9.70. The van der Waals surface area contributed by atoms with Crippen LogP contribution in [-0.2, 0) is 4.79 Å². The summed E-state index contributed by atoms with van der Waals surface area (Å²) in [7, 11) is 0. The third-order valence-electron chi connectivity index (χ3n) is 5.39.